The highest BCUT2D eigenvalue weighted by Gasteiger charge is 2.02. The molecule has 3 heterocycles. The molecule has 0 atom stereocenters. The number of hydrogen-bond donors (Lipinski definition) is 0. The minimum absolute atomic E-state index is 0.974. The molecular weight excluding hydrogens is 583 g/mol. The van der Waals surface area contributed by atoms with E-state index in [0.717, 1.165) is 67.2 Å². The van der Waals surface area contributed by atoms with Gasteiger partial charge in [0.15, 0.2) is 0 Å². The Kier molecular flexibility index (Phi) is 9.29. The summed E-state index contributed by atoms with van der Waals surface area (Å²) in [6.45, 7) is 0. The fourth-order valence-electron chi connectivity index (χ4n) is 5.46. The maximum absolute atomic E-state index is 4.47. The third-order valence-corrected chi connectivity index (χ3v) is 8.02. The standard InChI is InChI=1S/C45H33N3/c1-4-28-46-43(7-1)40-22-16-34(17-23-40)10-13-37-31-38(14-11-35-18-24-41(25-19-35)44-8-2-5-29-47-44)33-39(32-37)15-12-36-20-26-42(27-21-36)45-9-3-6-30-48-45/h1-33H/b13-10-,14-11-,15-12?. The van der Waals surface area contributed by atoms with Gasteiger partial charge in [0.05, 0.1) is 17.1 Å². The summed E-state index contributed by atoms with van der Waals surface area (Å²) in [6.07, 6.45) is 18.5. The van der Waals surface area contributed by atoms with Gasteiger partial charge in [0.2, 0.25) is 0 Å². The lowest BCUT2D eigenvalue weighted by Crippen LogP contribution is -1.84. The molecule has 0 fully saturated rings. The molecule has 0 radical (unpaired) electrons. The van der Waals surface area contributed by atoms with Gasteiger partial charge in [-0.3, -0.25) is 15.0 Å². The van der Waals surface area contributed by atoms with Gasteiger partial charge in [-0.05, 0) is 88.0 Å². The predicted molar refractivity (Wildman–Crippen MR) is 202 cm³/mol. The molecule has 0 spiro atoms. The topological polar surface area (TPSA) is 38.7 Å². The van der Waals surface area contributed by atoms with Crippen molar-refractivity contribution in [1.29, 1.82) is 0 Å². The molecule has 0 amide bonds. The molecule has 3 nitrogen and oxygen atoms in total. The summed E-state index contributed by atoms with van der Waals surface area (Å²) in [5.74, 6) is 0. The lowest BCUT2D eigenvalue weighted by atomic mass is 10.0. The molecule has 0 unspecified atom stereocenters. The third-order valence-electron chi connectivity index (χ3n) is 8.02. The normalized spacial score (nSPS) is 11.5. The van der Waals surface area contributed by atoms with E-state index in [-0.39, 0.29) is 0 Å². The second kappa shape index (κ2) is 14.8. The average molecular weight is 616 g/mol. The first kappa shape index (κ1) is 30.2. The molecule has 7 aromatic rings. The van der Waals surface area contributed by atoms with E-state index in [1.807, 2.05) is 73.2 Å². The molecule has 0 saturated carbocycles. The number of benzene rings is 4. The van der Waals surface area contributed by atoms with Crippen molar-refractivity contribution < 1.29 is 0 Å². The Bertz CT molecular complexity index is 1900. The van der Waals surface area contributed by atoms with E-state index in [4.69, 9.17) is 0 Å². The number of aromatic nitrogens is 3. The summed E-state index contributed by atoms with van der Waals surface area (Å²) in [6, 6.07) is 50.1. The molecule has 0 N–H and O–H groups in total. The maximum Gasteiger partial charge on any atom is 0.0701 e. The SMILES string of the molecule is C(=Cc1cc(/C=C\c2ccc(-c3ccccn3)cc2)cc(/C=C\c2ccc(-c3ccccn3)cc2)c1)c1ccc(-c2ccccn2)cc1. The van der Waals surface area contributed by atoms with E-state index in [1.165, 1.54) is 0 Å². The fraction of sp³-hybridized carbons (Fsp3) is 0. The van der Waals surface area contributed by atoms with Crippen molar-refractivity contribution in [3.05, 3.63) is 198 Å². The molecular formula is C45H33N3. The van der Waals surface area contributed by atoms with E-state index in [1.54, 1.807) is 0 Å². The molecule has 0 aliphatic rings. The molecule has 228 valence electrons. The predicted octanol–water partition coefficient (Wildman–Crippen LogP) is 11.4. The van der Waals surface area contributed by atoms with Crippen molar-refractivity contribution in [2.75, 3.05) is 0 Å². The van der Waals surface area contributed by atoms with E-state index in [0.29, 0.717) is 0 Å². The summed E-state index contributed by atoms with van der Waals surface area (Å²) in [5, 5.41) is 0. The van der Waals surface area contributed by atoms with E-state index >= 15 is 0 Å². The van der Waals surface area contributed by atoms with Crippen LogP contribution in [0.1, 0.15) is 33.4 Å². The maximum atomic E-state index is 4.47. The fourth-order valence-corrected chi connectivity index (χ4v) is 5.46. The van der Waals surface area contributed by atoms with Crippen LogP contribution in [-0.4, -0.2) is 15.0 Å². The average Bonchev–Trinajstić information content (AvgIpc) is 3.17. The van der Waals surface area contributed by atoms with Gasteiger partial charge in [0.1, 0.15) is 0 Å². The Labute approximate surface area is 282 Å². The van der Waals surface area contributed by atoms with E-state index < -0.39 is 0 Å². The summed E-state index contributed by atoms with van der Waals surface area (Å²) < 4.78 is 0. The summed E-state index contributed by atoms with van der Waals surface area (Å²) in [7, 11) is 0. The van der Waals surface area contributed by atoms with Crippen LogP contribution >= 0.6 is 0 Å². The molecule has 4 aromatic carbocycles. The van der Waals surface area contributed by atoms with Crippen LogP contribution in [-0.2, 0) is 0 Å². The van der Waals surface area contributed by atoms with Crippen molar-refractivity contribution in [2.24, 2.45) is 0 Å². The first-order valence-electron chi connectivity index (χ1n) is 16.0. The second-order valence-electron chi connectivity index (χ2n) is 11.4. The van der Waals surface area contributed by atoms with Gasteiger partial charge in [-0.15, -0.1) is 0 Å². The highest BCUT2D eigenvalue weighted by molar-refractivity contribution is 5.80. The molecule has 3 heteroatoms. The highest BCUT2D eigenvalue weighted by atomic mass is 14.7. The summed E-state index contributed by atoms with van der Waals surface area (Å²) in [4.78, 5) is 13.4. The Morgan fingerprint density at radius 3 is 0.792 bits per heavy atom. The van der Waals surface area contributed by atoms with Crippen LogP contribution in [0.2, 0.25) is 0 Å². The minimum Gasteiger partial charge on any atom is -0.256 e. The van der Waals surface area contributed by atoms with Crippen LogP contribution < -0.4 is 0 Å². The zero-order valence-corrected chi connectivity index (χ0v) is 26.4. The Balaban J connectivity index is 1.14. The molecule has 7 rings (SSSR count). The van der Waals surface area contributed by atoms with Crippen LogP contribution in [0.15, 0.2) is 164 Å². The number of rotatable bonds is 9. The van der Waals surface area contributed by atoms with Gasteiger partial charge < -0.3 is 0 Å². The van der Waals surface area contributed by atoms with Gasteiger partial charge in [-0.25, -0.2) is 0 Å². The Morgan fingerprint density at radius 1 is 0.271 bits per heavy atom. The van der Waals surface area contributed by atoms with Crippen molar-refractivity contribution in [1.82, 2.24) is 15.0 Å². The Morgan fingerprint density at radius 2 is 0.542 bits per heavy atom. The number of hydrogen-bond acceptors (Lipinski definition) is 3. The first-order valence-corrected chi connectivity index (χ1v) is 16.0. The van der Waals surface area contributed by atoms with Crippen LogP contribution in [0, 0.1) is 0 Å². The lowest BCUT2D eigenvalue weighted by molar-refractivity contribution is 1.33. The van der Waals surface area contributed by atoms with E-state index in [2.05, 4.69) is 142 Å². The van der Waals surface area contributed by atoms with Crippen molar-refractivity contribution in [3.63, 3.8) is 0 Å². The van der Waals surface area contributed by atoms with Gasteiger partial charge in [-0.2, -0.15) is 0 Å². The van der Waals surface area contributed by atoms with Crippen molar-refractivity contribution in [3.8, 4) is 33.8 Å². The van der Waals surface area contributed by atoms with Crippen LogP contribution in [0.4, 0.5) is 0 Å². The van der Waals surface area contributed by atoms with Crippen LogP contribution in [0.3, 0.4) is 0 Å². The zero-order chi connectivity index (χ0) is 32.4. The van der Waals surface area contributed by atoms with Gasteiger partial charge in [-0.1, -0.05) is 127 Å². The summed E-state index contributed by atoms with van der Waals surface area (Å²) >= 11 is 0. The summed E-state index contributed by atoms with van der Waals surface area (Å²) in [5.41, 5.74) is 13.0. The highest BCUT2D eigenvalue weighted by Crippen LogP contribution is 2.23. The molecule has 0 saturated heterocycles. The zero-order valence-electron chi connectivity index (χ0n) is 26.4. The quantitative estimate of drug-likeness (QED) is 0.152. The van der Waals surface area contributed by atoms with Gasteiger partial charge in [0.25, 0.3) is 0 Å². The first-order chi connectivity index (χ1) is 23.7. The minimum atomic E-state index is 0.974. The Hall–Kier alpha value is -6.45. The smallest absolute Gasteiger partial charge is 0.0701 e. The molecule has 48 heavy (non-hydrogen) atoms. The van der Waals surface area contributed by atoms with Gasteiger partial charge in [0, 0.05) is 35.3 Å². The lowest BCUT2D eigenvalue weighted by Gasteiger charge is -2.05. The largest absolute Gasteiger partial charge is 0.256 e. The van der Waals surface area contributed by atoms with Crippen molar-refractivity contribution >= 4 is 36.5 Å². The molecule has 0 aliphatic carbocycles. The van der Waals surface area contributed by atoms with Crippen molar-refractivity contribution in [2.45, 2.75) is 0 Å². The number of nitrogens with zero attached hydrogens (tertiary/aromatic N) is 3. The monoisotopic (exact) mass is 615 g/mol. The number of pyridine rings is 3. The second-order valence-corrected chi connectivity index (χ2v) is 11.4. The molecule has 0 aliphatic heterocycles. The molecule has 3 aromatic heterocycles. The van der Waals surface area contributed by atoms with Crippen LogP contribution in [0.5, 0.6) is 0 Å². The van der Waals surface area contributed by atoms with Gasteiger partial charge >= 0.3 is 0 Å². The third kappa shape index (κ3) is 7.85. The van der Waals surface area contributed by atoms with Crippen LogP contribution in [0.25, 0.3) is 70.2 Å². The molecule has 0 bridgehead atoms. The van der Waals surface area contributed by atoms with E-state index in [9.17, 15) is 0 Å².